The molecule has 1 fully saturated rings. The third-order valence-electron chi connectivity index (χ3n) is 7.15. The summed E-state index contributed by atoms with van der Waals surface area (Å²) in [5, 5.41) is 4.87. The van der Waals surface area contributed by atoms with Gasteiger partial charge in [0.25, 0.3) is 0 Å². The van der Waals surface area contributed by atoms with E-state index in [2.05, 4.69) is 36.5 Å². The molecule has 1 N–H and O–H groups in total. The van der Waals surface area contributed by atoms with Gasteiger partial charge in [-0.15, -0.1) is 0 Å². The molecule has 7 nitrogen and oxygen atoms in total. The van der Waals surface area contributed by atoms with Gasteiger partial charge in [-0.05, 0) is 58.0 Å². The molecular weight excluding hydrogens is 456 g/mol. The maximum Gasteiger partial charge on any atom is 0.227 e. The number of hydrogen-bond donors (Lipinski definition) is 1. The fraction of sp³-hybridized carbons (Fsp3) is 0.379. The van der Waals surface area contributed by atoms with E-state index in [0.717, 1.165) is 33.9 Å². The highest BCUT2D eigenvalue weighted by Crippen LogP contribution is 2.41. The molecule has 2 atom stereocenters. The van der Waals surface area contributed by atoms with Crippen LogP contribution in [0.2, 0.25) is 0 Å². The summed E-state index contributed by atoms with van der Waals surface area (Å²) < 4.78 is 16.4. The molecule has 7 heteroatoms. The number of benzene rings is 3. The lowest BCUT2D eigenvalue weighted by Crippen LogP contribution is -2.48. The van der Waals surface area contributed by atoms with E-state index in [4.69, 9.17) is 14.2 Å². The molecule has 0 aromatic heterocycles. The Morgan fingerprint density at radius 1 is 0.917 bits per heavy atom. The summed E-state index contributed by atoms with van der Waals surface area (Å²) in [4.78, 5) is 27.1. The minimum absolute atomic E-state index is 0.00797. The monoisotopic (exact) mass is 490 g/mol. The van der Waals surface area contributed by atoms with Crippen LogP contribution in [0, 0.1) is 11.8 Å². The van der Waals surface area contributed by atoms with Crippen LogP contribution in [0.25, 0.3) is 21.9 Å². The number of methoxy groups -OCH3 is 3. The average molecular weight is 491 g/mol. The summed E-state index contributed by atoms with van der Waals surface area (Å²) in [5.74, 6) is 1.95. The zero-order valence-electron chi connectivity index (χ0n) is 21.6. The van der Waals surface area contributed by atoms with Crippen LogP contribution in [-0.2, 0) is 16.0 Å². The summed E-state index contributed by atoms with van der Waals surface area (Å²) in [6, 6.07) is 16.2. The maximum absolute atomic E-state index is 13.0. The van der Waals surface area contributed by atoms with E-state index in [-0.39, 0.29) is 23.7 Å². The Bertz CT molecular complexity index is 1250. The molecule has 3 aromatic rings. The standard InChI is InChI=1S/C29H34N2O5/c1-18-10-11-31(17-24(18)29(33)30-2)27(32)13-19-6-7-21-14-22(9-8-20(21)12-19)23-15-25(34-3)28(36-5)26(16-23)35-4/h6-9,12,14-16,18,24H,10-11,13,17H2,1-5H3,(H,30,33). The molecule has 3 aromatic carbocycles. The van der Waals surface area contributed by atoms with Gasteiger partial charge in [-0.3, -0.25) is 9.59 Å². The van der Waals surface area contributed by atoms with Gasteiger partial charge in [-0.25, -0.2) is 0 Å². The molecule has 1 heterocycles. The molecule has 36 heavy (non-hydrogen) atoms. The van der Waals surface area contributed by atoms with Crippen molar-refractivity contribution in [1.82, 2.24) is 10.2 Å². The first-order chi connectivity index (χ1) is 17.4. The zero-order valence-corrected chi connectivity index (χ0v) is 21.6. The molecule has 0 radical (unpaired) electrons. The number of rotatable bonds is 7. The SMILES string of the molecule is CNC(=O)C1CN(C(=O)Cc2ccc3cc(-c4cc(OC)c(OC)c(OC)c4)ccc3c2)CCC1C. The van der Waals surface area contributed by atoms with E-state index < -0.39 is 0 Å². The van der Waals surface area contributed by atoms with Crippen molar-refractivity contribution in [2.45, 2.75) is 19.8 Å². The quantitative estimate of drug-likeness (QED) is 0.534. The molecule has 190 valence electrons. The number of fused-ring (bicyclic) bond motifs is 1. The second-order valence-electron chi connectivity index (χ2n) is 9.31. The van der Waals surface area contributed by atoms with E-state index in [1.165, 1.54) is 0 Å². The number of nitrogens with one attached hydrogen (secondary N) is 1. The number of piperidine rings is 1. The number of likely N-dealkylation sites (tertiary alicyclic amines) is 1. The predicted molar refractivity (Wildman–Crippen MR) is 141 cm³/mol. The van der Waals surface area contributed by atoms with Crippen LogP contribution >= 0.6 is 0 Å². The second-order valence-corrected chi connectivity index (χ2v) is 9.31. The zero-order chi connectivity index (χ0) is 25.8. The van der Waals surface area contributed by atoms with Gasteiger partial charge in [-0.2, -0.15) is 0 Å². The van der Waals surface area contributed by atoms with Crippen molar-refractivity contribution in [3.63, 3.8) is 0 Å². The Morgan fingerprint density at radius 2 is 1.58 bits per heavy atom. The highest BCUT2D eigenvalue weighted by molar-refractivity contribution is 5.90. The Labute approximate surface area is 212 Å². The number of ether oxygens (including phenoxy) is 3. The first kappa shape index (κ1) is 25.4. The highest BCUT2D eigenvalue weighted by atomic mass is 16.5. The molecule has 4 rings (SSSR count). The number of nitrogens with zero attached hydrogens (tertiary/aromatic N) is 1. The van der Waals surface area contributed by atoms with Gasteiger partial charge >= 0.3 is 0 Å². The topological polar surface area (TPSA) is 77.1 Å². The van der Waals surface area contributed by atoms with Gasteiger partial charge in [0.2, 0.25) is 17.6 Å². The van der Waals surface area contributed by atoms with Crippen molar-refractivity contribution in [3.05, 3.63) is 54.1 Å². The molecule has 0 spiro atoms. The van der Waals surface area contributed by atoms with Crippen LogP contribution in [0.4, 0.5) is 0 Å². The van der Waals surface area contributed by atoms with Gasteiger partial charge in [0.15, 0.2) is 11.5 Å². The minimum Gasteiger partial charge on any atom is -0.493 e. The van der Waals surface area contributed by atoms with E-state index in [9.17, 15) is 9.59 Å². The number of hydrogen-bond acceptors (Lipinski definition) is 5. The summed E-state index contributed by atoms with van der Waals surface area (Å²) in [5.41, 5.74) is 2.94. The van der Waals surface area contributed by atoms with Crippen LogP contribution in [-0.4, -0.2) is 58.2 Å². The lowest BCUT2D eigenvalue weighted by Gasteiger charge is -2.36. The van der Waals surface area contributed by atoms with Gasteiger partial charge < -0.3 is 24.4 Å². The Balaban J connectivity index is 1.54. The van der Waals surface area contributed by atoms with E-state index in [0.29, 0.717) is 36.8 Å². The van der Waals surface area contributed by atoms with E-state index in [1.54, 1.807) is 28.4 Å². The molecular formula is C29H34N2O5. The van der Waals surface area contributed by atoms with Crippen molar-refractivity contribution in [2.75, 3.05) is 41.5 Å². The van der Waals surface area contributed by atoms with E-state index in [1.807, 2.05) is 29.2 Å². The van der Waals surface area contributed by atoms with Gasteiger partial charge in [-0.1, -0.05) is 37.3 Å². The van der Waals surface area contributed by atoms with Gasteiger partial charge in [0.1, 0.15) is 0 Å². The molecule has 1 aliphatic heterocycles. The average Bonchev–Trinajstić information content (AvgIpc) is 2.91. The Kier molecular flexibility index (Phi) is 7.67. The van der Waals surface area contributed by atoms with Crippen molar-refractivity contribution < 1.29 is 23.8 Å². The lowest BCUT2D eigenvalue weighted by molar-refractivity contribution is -0.136. The van der Waals surface area contributed by atoms with Crippen molar-refractivity contribution in [3.8, 4) is 28.4 Å². The minimum atomic E-state index is -0.155. The van der Waals surface area contributed by atoms with Crippen molar-refractivity contribution >= 4 is 22.6 Å². The normalized spacial score (nSPS) is 17.5. The fourth-order valence-corrected chi connectivity index (χ4v) is 4.94. The molecule has 1 aliphatic rings. The number of carbonyl (C=O) groups is 2. The molecule has 0 bridgehead atoms. The molecule has 1 saturated heterocycles. The first-order valence-electron chi connectivity index (χ1n) is 12.2. The summed E-state index contributed by atoms with van der Waals surface area (Å²) in [7, 11) is 6.45. The summed E-state index contributed by atoms with van der Waals surface area (Å²) in [6.07, 6.45) is 1.16. The van der Waals surface area contributed by atoms with Crippen LogP contribution in [0.15, 0.2) is 48.5 Å². The largest absolute Gasteiger partial charge is 0.493 e. The molecule has 2 unspecified atom stereocenters. The molecule has 2 amide bonds. The summed E-state index contributed by atoms with van der Waals surface area (Å²) >= 11 is 0. The fourth-order valence-electron chi connectivity index (χ4n) is 4.94. The number of carbonyl (C=O) groups excluding carboxylic acids is 2. The molecule has 0 aliphatic carbocycles. The lowest BCUT2D eigenvalue weighted by atomic mass is 9.86. The van der Waals surface area contributed by atoms with Gasteiger partial charge in [0, 0.05) is 20.1 Å². The van der Waals surface area contributed by atoms with Crippen LogP contribution < -0.4 is 19.5 Å². The van der Waals surface area contributed by atoms with E-state index >= 15 is 0 Å². The first-order valence-corrected chi connectivity index (χ1v) is 12.2. The smallest absolute Gasteiger partial charge is 0.227 e. The maximum atomic E-state index is 13.0. The second kappa shape index (κ2) is 10.9. The van der Waals surface area contributed by atoms with Crippen molar-refractivity contribution in [1.29, 1.82) is 0 Å². The van der Waals surface area contributed by atoms with Crippen LogP contribution in [0.1, 0.15) is 18.9 Å². The number of amides is 2. The Hall–Kier alpha value is -3.74. The van der Waals surface area contributed by atoms with Gasteiger partial charge in [0.05, 0.1) is 33.7 Å². The highest BCUT2D eigenvalue weighted by Gasteiger charge is 2.33. The molecule has 0 saturated carbocycles. The van der Waals surface area contributed by atoms with Crippen molar-refractivity contribution in [2.24, 2.45) is 11.8 Å². The van der Waals surface area contributed by atoms with Crippen LogP contribution in [0.3, 0.4) is 0 Å². The Morgan fingerprint density at radius 3 is 2.22 bits per heavy atom. The predicted octanol–water partition coefficient (Wildman–Crippen LogP) is 4.31. The summed E-state index contributed by atoms with van der Waals surface area (Å²) in [6.45, 7) is 3.25. The van der Waals surface area contributed by atoms with Crippen LogP contribution in [0.5, 0.6) is 17.2 Å². The third kappa shape index (κ3) is 5.10. The third-order valence-corrected chi connectivity index (χ3v) is 7.15.